The molecule has 3 rings (SSSR count). The molecule has 1 fully saturated rings. The number of benzene rings is 1. The number of nitrogens with two attached hydrogens (primary N) is 1. The zero-order valence-corrected chi connectivity index (χ0v) is 12.7. The van der Waals surface area contributed by atoms with Crippen LogP contribution in [0.1, 0.15) is 25.6 Å². The molecule has 0 saturated carbocycles. The van der Waals surface area contributed by atoms with Gasteiger partial charge in [0.05, 0.1) is 24.2 Å². The Morgan fingerprint density at radius 2 is 2.10 bits per heavy atom. The van der Waals surface area contributed by atoms with Gasteiger partial charge in [-0.15, -0.1) is 0 Å². The molecule has 0 bridgehead atoms. The van der Waals surface area contributed by atoms with Crippen LogP contribution in [0.15, 0.2) is 18.2 Å². The van der Waals surface area contributed by atoms with Crippen LogP contribution in [0.3, 0.4) is 0 Å². The van der Waals surface area contributed by atoms with Crippen LogP contribution in [0.5, 0.6) is 5.75 Å². The van der Waals surface area contributed by atoms with Gasteiger partial charge in [-0.05, 0) is 45.0 Å². The van der Waals surface area contributed by atoms with Gasteiger partial charge in [0.2, 0.25) is 0 Å². The van der Waals surface area contributed by atoms with Crippen molar-refractivity contribution in [2.24, 2.45) is 5.73 Å². The molecule has 2 N–H and O–H groups in total. The Labute approximate surface area is 125 Å². The van der Waals surface area contributed by atoms with Crippen LogP contribution in [0, 0.1) is 0 Å². The number of likely N-dealkylation sites (tertiary alicyclic amines) is 1. The summed E-state index contributed by atoms with van der Waals surface area (Å²) in [5, 5.41) is 0. The average molecular weight is 288 g/mol. The number of rotatable bonds is 6. The minimum absolute atomic E-state index is 0.631. The minimum atomic E-state index is 0.631. The summed E-state index contributed by atoms with van der Waals surface area (Å²) in [6.45, 7) is 7.38. The molecule has 5 heteroatoms. The Kier molecular flexibility index (Phi) is 4.41. The molecular weight excluding hydrogens is 264 g/mol. The normalized spacial score (nSPS) is 15.9. The SMILES string of the molecule is CCOc1ccc2c(c1)nc(CN1CCCC1)n2CCN. The number of ether oxygens (including phenoxy) is 1. The predicted octanol–water partition coefficient (Wildman–Crippen LogP) is 1.99. The molecule has 1 saturated heterocycles. The molecular formula is C16H24N4O. The van der Waals surface area contributed by atoms with E-state index in [2.05, 4.69) is 15.5 Å². The van der Waals surface area contributed by atoms with Gasteiger partial charge >= 0.3 is 0 Å². The first kappa shape index (κ1) is 14.4. The molecule has 0 spiro atoms. The lowest BCUT2D eigenvalue weighted by atomic mass is 10.3. The van der Waals surface area contributed by atoms with E-state index < -0.39 is 0 Å². The molecule has 5 nitrogen and oxygen atoms in total. The predicted molar refractivity (Wildman–Crippen MR) is 84.5 cm³/mol. The Morgan fingerprint density at radius 1 is 1.29 bits per heavy atom. The third kappa shape index (κ3) is 3.04. The summed E-state index contributed by atoms with van der Waals surface area (Å²) < 4.78 is 7.83. The third-order valence-corrected chi connectivity index (χ3v) is 4.03. The fourth-order valence-electron chi connectivity index (χ4n) is 3.06. The number of nitrogens with zero attached hydrogens (tertiary/aromatic N) is 3. The highest BCUT2D eigenvalue weighted by Crippen LogP contribution is 2.23. The molecule has 1 aromatic heterocycles. The van der Waals surface area contributed by atoms with E-state index in [-0.39, 0.29) is 0 Å². The van der Waals surface area contributed by atoms with Crippen molar-refractivity contribution in [3.63, 3.8) is 0 Å². The van der Waals surface area contributed by atoms with Crippen molar-refractivity contribution in [3.05, 3.63) is 24.0 Å². The summed E-state index contributed by atoms with van der Waals surface area (Å²) in [6.07, 6.45) is 2.59. The fraction of sp³-hybridized carbons (Fsp3) is 0.562. The molecule has 0 amide bonds. The van der Waals surface area contributed by atoms with Crippen LogP contribution in [0.4, 0.5) is 0 Å². The Morgan fingerprint density at radius 3 is 2.81 bits per heavy atom. The molecule has 1 aliphatic heterocycles. The molecule has 0 atom stereocenters. The van der Waals surface area contributed by atoms with E-state index in [9.17, 15) is 0 Å². The average Bonchev–Trinajstić information content (AvgIpc) is 3.09. The largest absolute Gasteiger partial charge is 0.494 e. The lowest BCUT2D eigenvalue weighted by Gasteiger charge is -2.15. The van der Waals surface area contributed by atoms with Crippen molar-refractivity contribution in [1.82, 2.24) is 14.5 Å². The molecule has 21 heavy (non-hydrogen) atoms. The number of fused-ring (bicyclic) bond motifs is 1. The first-order valence-corrected chi connectivity index (χ1v) is 7.86. The second-order valence-electron chi connectivity index (χ2n) is 5.54. The van der Waals surface area contributed by atoms with Crippen molar-refractivity contribution >= 4 is 11.0 Å². The lowest BCUT2D eigenvalue weighted by Crippen LogP contribution is -2.22. The maximum absolute atomic E-state index is 5.78. The molecule has 0 aliphatic carbocycles. The van der Waals surface area contributed by atoms with E-state index >= 15 is 0 Å². The highest BCUT2D eigenvalue weighted by Gasteiger charge is 2.17. The summed E-state index contributed by atoms with van der Waals surface area (Å²) in [6, 6.07) is 6.13. The lowest BCUT2D eigenvalue weighted by molar-refractivity contribution is 0.317. The van der Waals surface area contributed by atoms with E-state index in [1.165, 1.54) is 25.9 Å². The molecule has 1 aliphatic rings. The molecule has 0 unspecified atom stereocenters. The van der Waals surface area contributed by atoms with Gasteiger partial charge in [-0.1, -0.05) is 0 Å². The maximum Gasteiger partial charge on any atom is 0.124 e. The van der Waals surface area contributed by atoms with Crippen LogP contribution < -0.4 is 10.5 Å². The second kappa shape index (κ2) is 6.45. The maximum atomic E-state index is 5.78. The van der Waals surface area contributed by atoms with Gasteiger partial charge in [-0.3, -0.25) is 4.90 Å². The fourth-order valence-corrected chi connectivity index (χ4v) is 3.06. The summed E-state index contributed by atoms with van der Waals surface area (Å²) in [5.41, 5.74) is 7.93. The van der Waals surface area contributed by atoms with Crippen LogP contribution in [-0.4, -0.2) is 40.7 Å². The summed E-state index contributed by atoms with van der Waals surface area (Å²) >= 11 is 0. The number of imidazole rings is 1. The number of aromatic nitrogens is 2. The van der Waals surface area contributed by atoms with Crippen molar-refractivity contribution in [3.8, 4) is 5.75 Å². The first-order chi connectivity index (χ1) is 10.3. The van der Waals surface area contributed by atoms with Gasteiger partial charge in [0.1, 0.15) is 11.6 Å². The van der Waals surface area contributed by atoms with Crippen molar-refractivity contribution in [2.45, 2.75) is 32.9 Å². The van der Waals surface area contributed by atoms with Gasteiger partial charge in [-0.2, -0.15) is 0 Å². The topological polar surface area (TPSA) is 56.3 Å². The summed E-state index contributed by atoms with van der Waals surface area (Å²) in [7, 11) is 0. The molecule has 1 aromatic carbocycles. The van der Waals surface area contributed by atoms with E-state index in [1.54, 1.807) is 0 Å². The highest BCUT2D eigenvalue weighted by atomic mass is 16.5. The smallest absolute Gasteiger partial charge is 0.124 e. The van der Waals surface area contributed by atoms with E-state index in [0.717, 1.165) is 35.7 Å². The zero-order chi connectivity index (χ0) is 14.7. The van der Waals surface area contributed by atoms with E-state index in [1.807, 2.05) is 19.1 Å². The van der Waals surface area contributed by atoms with E-state index in [0.29, 0.717) is 13.2 Å². The van der Waals surface area contributed by atoms with Crippen LogP contribution in [-0.2, 0) is 13.1 Å². The van der Waals surface area contributed by atoms with Gasteiger partial charge in [0.25, 0.3) is 0 Å². The monoisotopic (exact) mass is 288 g/mol. The molecule has 114 valence electrons. The Balaban J connectivity index is 1.94. The first-order valence-electron chi connectivity index (χ1n) is 7.86. The molecule has 0 radical (unpaired) electrons. The van der Waals surface area contributed by atoms with Crippen LogP contribution in [0.25, 0.3) is 11.0 Å². The van der Waals surface area contributed by atoms with Gasteiger partial charge in [-0.25, -0.2) is 4.98 Å². The number of hydrogen-bond acceptors (Lipinski definition) is 4. The minimum Gasteiger partial charge on any atom is -0.494 e. The van der Waals surface area contributed by atoms with Gasteiger partial charge < -0.3 is 15.0 Å². The number of hydrogen-bond donors (Lipinski definition) is 1. The van der Waals surface area contributed by atoms with Crippen molar-refractivity contribution in [1.29, 1.82) is 0 Å². The van der Waals surface area contributed by atoms with Crippen LogP contribution >= 0.6 is 0 Å². The second-order valence-corrected chi connectivity index (χ2v) is 5.54. The Bertz CT molecular complexity index is 602. The van der Waals surface area contributed by atoms with Crippen molar-refractivity contribution < 1.29 is 4.74 Å². The van der Waals surface area contributed by atoms with E-state index in [4.69, 9.17) is 15.5 Å². The van der Waals surface area contributed by atoms with Gasteiger partial charge in [0.15, 0.2) is 0 Å². The summed E-state index contributed by atoms with van der Waals surface area (Å²) in [4.78, 5) is 7.29. The zero-order valence-electron chi connectivity index (χ0n) is 12.7. The molecule has 2 heterocycles. The van der Waals surface area contributed by atoms with Crippen LogP contribution in [0.2, 0.25) is 0 Å². The molecule has 2 aromatic rings. The quantitative estimate of drug-likeness (QED) is 0.883. The highest BCUT2D eigenvalue weighted by molar-refractivity contribution is 5.77. The van der Waals surface area contributed by atoms with Crippen molar-refractivity contribution in [2.75, 3.05) is 26.2 Å². The standard InChI is InChI=1S/C16H24N4O/c1-2-21-13-5-6-15-14(11-13)18-16(20(15)10-7-17)12-19-8-3-4-9-19/h5-6,11H,2-4,7-10,12,17H2,1H3. The third-order valence-electron chi connectivity index (χ3n) is 4.03. The van der Waals surface area contributed by atoms with Gasteiger partial charge in [0, 0.05) is 19.2 Å². The Hall–Kier alpha value is -1.59. The summed E-state index contributed by atoms with van der Waals surface area (Å²) in [5.74, 6) is 2.00.